The molecule has 0 radical (unpaired) electrons. The molecule has 0 saturated carbocycles. The quantitative estimate of drug-likeness (QED) is 0.389. The third-order valence-electron chi connectivity index (χ3n) is 3.31. The number of aliphatic hydroxyl groups is 3. The van der Waals surface area contributed by atoms with Crippen LogP contribution in [-0.4, -0.2) is 26.7 Å². The van der Waals surface area contributed by atoms with E-state index in [-0.39, 0.29) is 0 Å². The molecule has 1 aliphatic carbocycles. The van der Waals surface area contributed by atoms with Gasteiger partial charge in [0.2, 0.25) is 5.79 Å². The maximum absolute atomic E-state index is 10.6. The molecular weight excluding hydrogens is 216 g/mol. The largest absolute Gasteiger partial charge is 0.377 e. The molecule has 1 atom stereocenters. The Morgan fingerprint density at radius 3 is 2.18 bits per heavy atom. The first kappa shape index (κ1) is 13.9. The average molecular weight is 236 g/mol. The SMILES string of the molecule is C=C(C)/C=C/C1(O)C(C)=CC(O)(O)C(C)=C1C. The molecule has 0 aromatic heterocycles. The topological polar surface area (TPSA) is 60.7 Å². The Morgan fingerprint density at radius 2 is 1.71 bits per heavy atom. The van der Waals surface area contributed by atoms with Crippen molar-refractivity contribution in [1.29, 1.82) is 0 Å². The van der Waals surface area contributed by atoms with Gasteiger partial charge in [0.1, 0.15) is 5.60 Å². The second-order valence-electron chi connectivity index (χ2n) is 4.75. The summed E-state index contributed by atoms with van der Waals surface area (Å²) in [5.41, 5.74) is 0.916. The minimum absolute atomic E-state index is 0.344. The van der Waals surface area contributed by atoms with Gasteiger partial charge in [-0.2, -0.15) is 0 Å². The highest BCUT2D eigenvalue weighted by atomic mass is 16.5. The summed E-state index contributed by atoms with van der Waals surface area (Å²) in [4.78, 5) is 0. The summed E-state index contributed by atoms with van der Waals surface area (Å²) in [6.45, 7) is 10.5. The lowest BCUT2D eigenvalue weighted by Gasteiger charge is -2.37. The third kappa shape index (κ3) is 2.41. The number of rotatable bonds is 2. The summed E-state index contributed by atoms with van der Waals surface area (Å²) in [6.07, 6.45) is 4.60. The van der Waals surface area contributed by atoms with Gasteiger partial charge in [-0.05, 0) is 56.6 Å². The molecule has 1 rings (SSSR count). The molecule has 1 aliphatic rings. The van der Waals surface area contributed by atoms with Crippen molar-refractivity contribution in [1.82, 2.24) is 0 Å². The molecule has 3 nitrogen and oxygen atoms in total. The molecule has 17 heavy (non-hydrogen) atoms. The first-order valence-corrected chi connectivity index (χ1v) is 5.51. The van der Waals surface area contributed by atoms with Crippen LogP contribution in [0.4, 0.5) is 0 Å². The Balaban J connectivity index is 3.31. The lowest BCUT2D eigenvalue weighted by Crippen LogP contribution is -2.41. The molecule has 0 saturated heterocycles. The fourth-order valence-corrected chi connectivity index (χ4v) is 1.90. The molecule has 0 aliphatic heterocycles. The van der Waals surface area contributed by atoms with Crippen molar-refractivity contribution in [3.05, 3.63) is 47.1 Å². The molecule has 0 spiro atoms. The molecule has 0 aromatic rings. The van der Waals surface area contributed by atoms with E-state index in [2.05, 4.69) is 6.58 Å². The summed E-state index contributed by atoms with van der Waals surface area (Å²) >= 11 is 0. The first-order chi connectivity index (χ1) is 7.61. The molecule has 0 heterocycles. The lowest BCUT2D eigenvalue weighted by molar-refractivity contribution is -0.0908. The van der Waals surface area contributed by atoms with Gasteiger partial charge in [-0.1, -0.05) is 18.2 Å². The predicted octanol–water partition coefficient (Wildman–Crippen LogP) is 1.83. The van der Waals surface area contributed by atoms with Crippen molar-refractivity contribution < 1.29 is 15.3 Å². The molecule has 1 unspecified atom stereocenters. The van der Waals surface area contributed by atoms with Gasteiger partial charge in [-0.15, -0.1) is 0 Å². The van der Waals surface area contributed by atoms with Crippen LogP contribution in [0.5, 0.6) is 0 Å². The van der Waals surface area contributed by atoms with E-state index in [0.29, 0.717) is 16.7 Å². The smallest absolute Gasteiger partial charge is 0.206 e. The summed E-state index contributed by atoms with van der Waals surface area (Å²) in [5.74, 6) is -1.97. The van der Waals surface area contributed by atoms with E-state index in [1.807, 2.05) is 6.92 Å². The number of allylic oxidation sites excluding steroid dienone is 2. The Kier molecular flexibility index (Phi) is 3.48. The van der Waals surface area contributed by atoms with Crippen LogP contribution in [-0.2, 0) is 0 Å². The lowest BCUT2D eigenvalue weighted by atomic mass is 9.77. The monoisotopic (exact) mass is 236 g/mol. The van der Waals surface area contributed by atoms with Gasteiger partial charge in [0, 0.05) is 0 Å². The van der Waals surface area contributed by atoms with Crippen molar-refractivity contribution in [3.8, 4) is 0 Å². The summed E-state index contributed by atoms with van der Waals surface area (Å²) in [6, 6.07) is 0. The normalized spacial score (nSPS) is 28.5. The second-order valence-corrected chi connectivity index (χ2v) is 4.75. The molecule has 0 fully saturated rings. The van der Waals surface area contributed by atoms with Crippen molar-refractivity contribution in [2.75, 3.05) is 0 Å². The fraction of sp³-hybridized carbons (Fsp3) is 0.429. The minimum atomic E-state index is -1.97. The zero-order valence-electron chi connectivity index (χ0n) is 10.8. The highest BCUT2D eigenvalue weighted by molar-refractivity contribution is 5.48. The van der Waals surface area contributed by atoms with Gasteiger partial charge in [-0.3, -0.25) is 0 Å². The van der Waals surface area contributed by atoms with Crippen molar-refractivity contribution >= 4 is 0 Å². The third-order valence-corrected chi connectivity index (χ3v) is 3.31. The number of hydrogen-bond donors (Lipinski definition) is 3. The van der Waals surface area contributed by atoms with Gasteiger partial charge >= 0.3 is 0 Å². The van der Waals surface area contributed by atoms with Crippen LogP contribution in [0.2, 0.25) is 0 Å². The van der Waals surface area contributed by atoms with Crippen LogP contribution in [0.3, 0.4) is 0 Å². The molecular formula is C14H20O3. The van der Waals surface area contributed by atoms with E-state index in [1.54, 1.807) is 32.9 Å². The summed E-state index contributed by atoms with van der Waals surface area (Å²) in [7, 11) is 0. The van der Waals surface area contributed by atoms with Crippen LogP contribution >= 0.6 is 0 Å². The van der Waals surface area contributed by atoms with Gasteiger partial charge in [0.15, 0.2) is 0 Å². The van der Waals surface area contributed by atoms with Gasteiger partial charge < -0.3 is 15.3 Å². The van der Waals surface area contributed by atoms with Crippen molar-refractivity contribution in [2.45, 2.75) is 39.1 Å². The van der Waals surface area contributed by atoms with Crippen molar-refractivity contribution in [3.63, 3.8) is 0 Å². The standard InChI is InChI=1S/C14H20O3/c1-9(2)6-7-13(15)10(3)8-14(16,17)12(5)11(13)4/h6-8,15-17H,1H2,2-5H3/b7-6+. The van der Waals surface area contributed by atoms with E-state index in [1.165, 1.54) is 6.08 Å². The van der Waals surface area contributed by atoms with Crippen LogP contribution in [0.1, 0.15) is 27.7 Å². The van der Waals surface area contributed by atoms with E-state index in [9.17, 15) is 15.3 Å². The van der Waals surface area contributed by atoms with Gasteiger partial charge in [0.25, 0.3) is 0 Å². The maximum Gasteiger partial charge on any atom is 0.206 e. The van der Waals surface area contributed by atoms with E-state index in [4.69, 9.17) is 0 Å². The first-order valence-electron chi connectivity index (χ1n) is 5.51. The zero-order chi connectivity index (χ0) is 13.4. The van der Waals surface area contributed by atoms with E-state index in [0.717, 1.165) is 5.57 Å². The van der Waals surface area contributed by atoms with E-state index >= 15 is 0 Å². The van der Waals surface area contributed by atoms with Crippen LogP contribution in [0.15, 0.2) is 47.1 Å². The fourth-order valence-electron chi connectivity index (χ4n) is 1.90. The second kappa shape index (κ2) is 4.26. The van der Waals surface area contributed by atoms with Crippen LogP contribution in [0.25, 0.3) is 0 Å². The summed E-state index contributed by atoms with van der Waals surface area (Å²) < 4.78 is 0. The predicted molar refractivity (Wildman–Crippen MR) is 68.2 cm³/mol. The molecule has 0 bridgehead atoms. The molecule has 3 heteroatoms. The Bertz CT molecular complexity index is 438. The number of hydrogen-bond acceptors (Lipinski definition) is 3. The van der Waals surface area contributed by atoms with Crippen LogP contribution < -0.4 is 0 Å². The highest BCUT2D eigenvalue weighted by Gasteiger charge is 2.40. The summed E-state index contributed by atoms with van der Waals surface area (Å²) in [5, 5.41) is 30.1. The van der Waals surface area contributed by atoms with Gasteiger partial charge in [-0.25, -0.2) is 0 Å². The molecule has 0 aromatic carbocycles. The maximum atomic E-state index is 10.6. The average Bonchev–Trinajstić information content (AvgIpc) is 2.21. The molecule has 0 amide bonds. The zero-order valence-corrected chi connectivity index (χ0v) is 10.8. The molecule has 3 N–H and O–H groups in total. The Morgan fingerprint density at radius 1 is 1.18 bits per heavy atom. The van der Waals surface area contributed by atoms with E-state index < -0.39 is 11.4 Å². The highest BCUT2D eigenvalue weighted by Crippen LogP contribution is 2.38. The Labute approximate surface area is 102 Å². The van der Waals surface area contributed by atoms with Gasteiger partial charge in [0.05, 0.1) is 0 Å². The molecule has 94 valence electrons. The minimum Gasteiger partial charge on any atom is -0.377 e. The Hall–Kier alpha value is -1.16. The van der Waals surface area contributed by atoms with Crippen LogP contribution in [0, 0.1) is 0 Å². The van der Waals surface area contributed by atoms with Crippen molar-refractivity contribution in [2.24, 2.45) is 0 Å².